The van der Waals surface area contributed by atoms with Crippen molar-refractivity contribution in [1.29, 1.82) is 0 Å². The maximum absolute atomic E-state index is 5.74. The van der Waals surface area contributed by atoms with E-state index < -0.39 is 0 Å². The first-order chi connectivity index (χ1) is 9.38. The molecule has 0 aromatic carbocycles. The van der Waals surface area contributed by atoms with E-state index in [2.05, 4.69) is 10.6 Å². The molecule has 0 radical (unpaired) electrons. The molecular weight excluding hydrogens is 258 g/mol. The van der Waals surface area contributed by atoms with Gasteiger partial charge in [0.15, 0.2) is 0 Å². The number of aromatic nitrogens is 2. The maximum atomic E-state index is 5.74. The average molecular weight is 277 g/mol. The number of ether oxygens (including phenoxy) is 1. The van der Waals surface area contributed by atoms with E-state index in [0.717, 1.165) is 43.1 Å². The van der Waals surface area contributed by atoms with Gasteiger partial charge in [-0.1, -0.05) is 6.07 Å². The zero-order valence-electron chi connectivity index (χ0n) is 10.9. The van der Waals surface area contributed by atoms with E-state index in [1.54, 1.807) is 0 Å². The summed E-state index contributed by atoms with van der Waals surface area (Å²) in [5.41, 5.74) is 8.00. The molecule has 1 fully saturated rings. The van der Waals surface area contributed by atoms with E-state index in [9.17, 15) is 0 Å². The molecule has 2 N–H and O–H groups in total. The highest BCUT2D eigenvalue weighted by molar-refractivity contribution is 7.99. The third kappa shape index (κ3) is 2.78. The molecule has 0 spiro atoms. The summed E-state index contributed by atoms with van der Waals surface area (Å²) in [7, 11) is 0. The number of nitrogens with zero attached hydrogens (tertiary/aromatic N) is 2. The molecule has 3 rings (SSSR count). The van der Waals surface area contributed by atoms with Gasteiger partial charge in [0.2, 0.25) is 0 Å². The number of fused-ring (bicyclic) bond motifs is 1. The van der Waals surface area contributed by atoms with Crippen LogP contribution in [0.2, 0.25) is 0 Å². The van der Waals surface area contributed by atoms with Crippen molar-refractivity contribution in [2.24, 2.45) is 5.73 Å². The number of hydrogen-bond acceptors (Lipinski definition) is 4. The summed E-state index contributed by atoms with van der Waals surface area (Å²) in [4.78, 5) is 4.75. The molecule has 1 saturated heterocycles. The zero-order chi connectivity index (χ0) is 13.1. The van der Waals surface area contributed by atoms with Crippen molar-refractivity contribution in [3.8, 4) is 0 Å². The highest BCUT2D eigenvalue weighted by Gasteiger charge is 2.19. The number of nitrogens with two attached hydrogens (primary N) is 1. The molecule has 0 unspecified atom stereocenters. The molecule has 0 saturated carbocycles. The molecule has 0 aliphatic carbocycles. The highest BCUT2D eigenvalue weighted by Crippen LogP contribution is 2.32. The van der Waals surface area contributed by atoms with E-state index in [4.69, 9.17) is 15.5 Å². The van der Waals surface area contributed by atoms with Crippen LogP contribution in [-0.4, -0.2) is 34.4 Å². The Morgan fingerprint density at radius 1 is 1.37 bits per heavy atom. The molecule has 2 aromatic heterocycles. The fourth-order valence-electron chi connectivity index (χ4n) is 2.44. The quantitative estimate of drug-likeness (QED) is 0.930. The van der Waals surface area contributed by atoms with Gasteiger partial charge in [-0.05, 0) is 31.5 Å². The minimum absolute atomic E-state index is 0.621. The molecule has 19 heavy (non-hydrogen) atoms. The van der Waals surface area contributed by atoms with Crippen molar-refractivity contribution in [1.82, 2.24) is 9.38 Å². The van der Waals surface area contributed by atoms with Crippen molar-refractivity contribution in [2.45, 2.75) is 29.5 Å². The second-order valence-electron chi connectivity index (χ2n) is 4.76. The van der Waals surface area contributed by atoms with Gasteiger partial charge in [0, 0.05) is 31.1 Å². The fourth-order valence-corrected chi connectivity index (χ4v) is 3.66. The number of pyridine rings is 1. The van der Waals surface area contributed by atoms with Crippen LogP contribution in [0.1, 0.15) is 18.5 Å². The maximum Gasteiger partial charge on any atom is 0.138 e. The van der Waals surface area contributed by atoms with E-state index in [1.165, 1.54) is 5.69 Å². The molecule has 0 amide bonds. The summed E-state index contributed by atoms with van der Waals surface area (Å²) in [6.07, 6.45) is 5.17. The Labute approximate surface area is 117 Å². The van der Waals surface area contributed by atoms with Crippen LogP contribution in [0.4, 0.5) is 0 Å². The smallest absolute Gasteiger partial charge is 0.138 e. The second kappa shape index (κ2) is 5.94. The van der Waals surface area contributed by atoms with E-state index >= 15 is 0 Å². The van der Waals surface area contributed by atoms with Crippen LogP contribution >= 0.6 is 11.8 Å². The average Bonchev–Trinajstić information content (AvgIpc) is 2.79. The minimum Gasteiger partial charge on any atom is -0.381 e. The summed E-state index contributed by atoms with van der Waals surface area (Å²) in [5.74, 6) is 0. The Balaban J connectivity index is 1.90. The summed E-state index contributed by atoms with van der Waals surface area (Å²) in [6.45, 7) is 2.40. The predicted molar refractivity (Wildman–Crippen MR) is 77.6 cm³/mol. The van der Waals surface area contributed by atoms with Crippen LogP contribution in [0.3, 0.4) is 0 Å². The van der Waals surface area contributed by atoms with E-state index in [0.29, 0.717) is 11.8 Å². The Morgan fingerprint density at radius 2 is 2.21 bits per heavy atom. The van der Waals surface area contributed by atoms with Gasteiger partial charge in [-0.2, -0.15) is 0 Å². The Kier molecular flexibility index (Phi) is 4.06. The molecule has 1 aliphatic rings. The lowest BCUT2D eigenvalue weighted by atomic mass is 10.2. The molecule has 3 heterocycles. The number of rotatable bonds is 4. The first-order valence-corrected chi connectivity index (χ1v) is 7.67. The van der Waals surface area contributed by atoms with Crippen molar-refractivity contribution in [2.75, 3.05) is 19.8 Å². The predicted octanol–water partition coefficient (Wildman–Crippen LogP) is 2.11. The number of imidazole rings is 1. The van der Waals surface area contributed by atoms with Crippen LogP contribution in [0.5, 0.6) is 0 Å². The minimum atomic E-state index is 0.621. The van der Waals surface area contributed by atoms with Crippen LogP contribution in [0.15, 0.2) is 29.4 Å². The Hall–Kier alpha value is -1.04. The van der Waals surface area contributed by atoms with Gasteiger partial charge in [-0.15, -0.1) is 11.8 Å². The number of hydrogen-bond donors (Lipinski definition) is 1. The lowest BCUT2D eigenvalue weighted by Gasteiger charge is -2.20. The molecule has 5 heteroatoms. The van der Waals surface area contributed by atoms with Crippen molar-refractivity contribution in [3.05, 3.63) is 30.1 Å². The third-order valence-electron chi connectivity index (χ3n) is 3.42. The molecule has 0 atom stereocenters. The SMILES string of the molecule is NCCc1c(SC2CCOCC2)nc2ccccn12. The van der Waals surface area contributed by atoms with E-state index in [1.807, 2.05) is 30.0 Å². The Bertz CT molecular complexity index is 549. The third-order valence-corrected chi connectivity index (χ3v) is 4.77. The fraction of sp³-hybridized carbons (Fsp3) is 0.500. The van der Waals surface area contributed by atoms with Gasteiger partial charge in [0.1, 0.15) is 10.7 Å². The highest BCUT2D eigenvalue weighted by atomic mass is 32.2. The van der Waals surface area contributed by atoms with E-state index in [-0.39, 0.29) is 0 Å². The van der Waals surface area contributed by atoms with Crippen LogP contribution in [0, 0.1) is 0 Å². The normalized spacial score (nSPS) is 17.1. The molecule has 0 bridgehead atoms. The lowest BCUT2D eigenvalue weighted by Crippen LogP contribution is -2.17. The van der Waals surface area contributed by atoms with Gasteiger partial charge in [0.25, 0.3) is 0 Å². The standard InChI is InChI=1S/C14H19N3OS/c15-7-4-12-14(19-11-5-9-18-10-6-11)16-13-3-1-2-8-17(12)13/h1-3,8,11H,4-7,9-10,15H2. The molecule has 2 aromatic rings. The first-order valence-electron chi connectivity index (χ1n) is 6.79. The van der Waals surface area contributed by atoms with Crippen molar-refractivity contribution < 1.29 is 4.74 Å². The topological polar surface area (TPSA) is 52.5 Å². The summed E-state index contributed by atoms with van der Waals surface area (Å²) >= 11 is 1.89. The van der Waals surface area contributed by atoms with Gasteiger partial charge in [0.05, 0.1) is 5.69 Å². The zero-order valence-corrected chi connectivity index (χ0v) is 11.7. The van der Waals surface area contributed by atoms with Gasteiger partial charge >= 0.3 is 0 Å². The van der Waals surface area contributed by atoms with Gasteiger partial charge < -0.3 is 14.9 Å². The van der Waals surface area contributed by atoms with Crippen LogP contribution in [-0.2, 0) is 11.2 Å². The largest absolute Gasteiger partial charge is 0.381 e. The Morgan fingerprint density at radius 3 is 3.00 bits per heavy atom. The summed E-state index contributed by atoms with van der Waals surface area (Å²) < 4.78 is 7.58. The van der Waals surface area contributed by atoms with Crippen LogP contribution in [0.25, 0.3) is 5.65 Å². The van der Waals surface area contributed by atoms with Crippen LogP contribution < -0.4 is 5.73 Å². The van der Waals surface area contributed by atoms with Gasteiger partial charge in [-0.3, -0.25) is 0 Å². The number of thioether (sulfide) groups is 1. The molecule has 4 nitrogen and oxygen atoms in total. The molecular formula is C14H19N3OS. The van der Waals surface area contributed by atoms with Gasteiger partial charge in [-0.25, -0.2) is 4.98 Å². The summed E-state index contributed by atoms with van der Waals surface area (Å²) in [5, 5.41) is 1.76. The van der Waals surface area contributed by atoms with Crippen molar-refractivity contribution >= 4 is 17.4 Å². The second-order valence-corrected chi connectivity index (χ2v) is 6.05. The monoisotopic (exact) mass is 277 g/mol. The lowest BCUT2D eigenvalue weighted by molar-refractivity contribution is 0.1000. The summed E-state index contributed by atoms with van der Waals surface area (Å²) in [6, 6.07) is 6.11. The first kappa shape index (κ1) is 13.0. The molecule has 102 valence electrons. The van der Waals surface area contributed by atoms with Crippen molar-refractivity contribution in [3.63, 3.8) is 0 Å². The molecule has 1 aliphatic heterocycles.